The molecule has 10 N–H and O–H groups in total. The van der Waals surface area contributed by atoms with Gasteiger partial charge in [-0.1, -0.05) is 30.2 Å². The van der Waals surface area contributed by atoms with E-state index in [0.717, 1.165) is 37.7 Å². The van der Waals surface area contributed by atoms with E-state index in [1.165, 1.54) is 12.5 Å². The molecule has 0 radical (unpaired) electrons. The Morgan fingerprint density at radius 1 is 0.738 bits per heavy atom. The molecule has 5 aliphatic heterocycles. The predicted octanol–water partition coefficient (Wildman–Crippen LogP) is -0.922. The van der Waals surface area contributed by atoms with Crippen molar-refractivity contribution in [2.24, 2.45) is 40.4 Å². The van der Waals surface area contributed by atoms with E-state index < -0.39 is 130 Å². The van der Waals surface area contributed by atoms with Crippen LogP contribution in [0.3, 0.4) is 0 Å². The summed E-state index contributed by atoms with van der Waals surface area (Å²) >= 11 is 0. The second-order valence-electron chi connectivity index (χ2n) is 21.1. The Labute approximate surface area is 379 Å². The van der Waals surface area contributed by atoms with Gasteiger partial charge in [0.25, 0.3) is 0 Å². The van der Waals surface area contributed by atoms with Crippen LogP contribution in [0.25, 0.3) is 0 Å². The fourth-order valence-electron chi connectivity index (χ4n) is 14.3. The number of hydrogen-bond acceptors (Lipinski definition) is 19. The Hall–Kier alpha value is -1.28. The first-order chi connectivity index (χ1) is 30.8. The molecule has 19 heteroatoms. The van der Waals surface area contributed by atoms with Crippen LogP contribution < -0.4 is 0 Å². The highest BCUT2D eigenvalue weighted by atomic mass is 16.8. The predicted molar refractivity (Wildman–Crippen MR) is 221 cm³/mol. The third-order valence-electron chi connectivity index (χ3n) is 17.5. The van der Waals surface area contributed by atoms with Gasteiger partial charge in [-0.05, 0) is 95.8 Å². The summed E-state index contributed by atoms with van der Waals surface area (Å²) in [6.45, 7) is 8.54. The number of hydrogen-bond donors (Lipinski definition) is 10. The van der Waals surface area contributed by atoms with E-state index in [4.69, 9.17) is 42.6 Å². The zero-order chi connectivity index (χ0) is 46.7. The molecule has 370 valence electrons. The fourth-order valence-corrected chi connectivity index (χ4v) is 14.3. The van der Waals surface area contributed by atoms with E-state index >= 15 is 0 Å². The van der Waals surface area contributed by atoms with Gasteiger partial charge in [0.15, 0.2) is 31.5 Å². The van der Waals surface area contributed by atoms with E-state index in [2.05, 4.69) is 26.0 Å². The van der Waals surface area contributed by atoms with E-state index in [1.54, 1.807) is 7.11 Å². The van der Waals surface area contributed by atoms with Gasteiger partial charge in [0, 0.05) is 18.4 Å². The van der Waals surface area contributed by atoms with Crippen LogP contribution >= 0.6 is 0 Å². The molecule has 9 aliphatic rings. The lowest BCUT2D eigenvalue weighted by molar-refractivity contribution is -0.394. The average molecular weight is 929 g/mol. The molecule has 0 aromatic rings. The standard InChI is InChI=1S/C46H72O19/c1-18(2)13-25-39(56)60-26-15-24-22-8-7-20-14-21(9-11-44(20,4)23(22)10-12-46(24)38(26)45(25,5)65-43(46)57-6)59-41-36(33(53)30(50)27(16-47)61-41)64-42-37(34(54)31(51)28(17-48)62-42)63-40-35(55)32(52)29(49)19(3)58-40/h7,13,19,21-43,47-56H,8-12,14-17H2,1-6H3/t19-,21-,22+,23-,24-,25-,26-,27+,28-,29-,30+,31+,32+,33-,34+,35+,36+,37+,38+,39-,40+,41+,42+,43+,44-,45-,46+/m0/s1. The fraction of sp³-hybridized carbons (Fsp3) is 0.913. The quantitative estimate of drug-likeness (QED) is 0.119. The summed E-state index contributed by atoms with van der Waals surface area (Å²) in [5.74, 6) is 0.646. The molecule has 1 spiro atoms. The van der Waals surface area contributed by atoms with Crippen molar-refractivity contribution in [3.63, 3.8) is 0 Å². The number of aliphatic hydroxyl groups is 10. The van der Waals surface area contributed by atoms with Crippen LogP contribution in [0.1, 0.15) is 79.6 Å². The molecule has 8 fully saturated rings. The summed E-state index contributed by atoms with van der Waals surface area (Å²) < 4.78 is 56.0. The Balaban J connectivity index is 0.940. The zero-order valence-electron chi connectivity index (χ0n) is 38.0. The minimum absolute atomic E-state index is 0.0565. The first-order valence-corrected chi connectivity index (χ1v) is 23.6. The smallest absolute Gasteiger partial charge is 0.187 e. The maximum Gasteiger partial charge on any atom is 0.187 e. The van der Waals surface area contributed by atoms with Crippen LogP contribution in [-0.4, -0.2) is 194 Å². The third kappa shape index (κ3) is 7.75. The molecule has 9 rings (SSSR count). The number of allylic oxidation sites excluding steroid dienone is 2. The third-order valence-corrected chi connectivity index (χ3v) is 17.5. The van der Waals surface area contributed by atoms with Crippen LogP contribution in [-0.2, 0) is 42.6 Å². The number of rotatable bonds is 10. The maximum atomic E-state index is 11.5. The van der Waals surface area contributed by atoms with Gasteiger partial charge < -0.3 is 93.7 Å². The summed E-state index contributed by atoms with van der Waals surface area (Å²) in [6.07, 6.45) is -15.8. The molecular formula is C46H72O19. The Morgan fingerprint density at radius 3 is 1.98 bits per heavy atom. The first kappa shape index (κ1) is 48.7. The second kappa shape index (κ2) is 18.2. The van der Waals surface area contributed by atoms with E-state index in [9.17, 15) is 51.1 Å². The molecule has 19 nitrogen and oxygen atoms in total. The van der Waals surface area contributed by atoms with Crippen molar-refractivity contribution in [2.75, 3.05) is 20.3 Å². The van der Waals surface area contributed by atoms with Crippen molar-refractivity contribution in [1.82, 2.24) is 0 Å². The molecule has 0 unspecified atom stereocenters. The number of ether oxygens (including phenoxy) is 9. The Kier molecular flexibility index (Phi) is 13.6. The summed E-state index contributed by atoms with van der Waals surface area (Å²) in [5.41, 5.74) is 1.25. The molecule has 0 aromatic heterocycles. The van der Waals surface area contributed by atoms with Crippen LogP contribution in [0, 0.1) is 40.4 Å². The minimum atomic E-state index is -1.83. The van der Waals surface area contributed by atoms with E-state index in [-0.39, 0.29) is 34.7 Å². The van der Waals surface area contributed by atoms with E-state index in [1.807, 2.05) is 13.8 Å². The van der Waals surface area contributed by atoms with Crippen molar-refractivity contribution < 1.29 is 93.7 Å². The zero-order valence-corrected chi connectivity index (χ0v) is 38.0. The average Bonchev–Trinajstić information content (AvgIpc) is 3.76. The first-order valence-electron chi connectivity index (χ1n) is 23.6. The van der Waals surface area contributed by atoms with Crippen LogP contribution in [0.5, 0.6) is 0 Å². The van der Waals surface area contributed by atoms with Crippen molar-refractivity contribution in [3.05, 3.63) is 23.3 Å². The summed E-state index contributed by atoms with van der Waals surface area (Å²) in [4.78, 5) is 0. The summed E-state index contributed by atoms with van der Waals surface area (Å²) in [5, 5.41) is 108. The SMILES string of the molecule is CO[C@@H]1O[C@]2(C)[C@H]3[C@H](C[C@H]4[C@@H]5CC=C6C[C@@H](O[C@@H]7O[C@H](CO)[C@@H](O)[C@H](O)[C@H]7O[C@H]7O[C@@H](CO)[C@@H](O)[C@@H](O)[C@H]7O[C@H]7O[C@@H](C)[C@H](O)[C@@H](O)[C@H]7O)CC[C@]6(C)[C@H]5CC[C@]134)O[C@H](O)[C@@H]2C=C(C)C. The summed E-state index contributed by atoms with van der Waals surface area (Å²) in [7, 11) is 1.73. The molecule has 0 bridgehead atoms. The van der Waals surface area contributed by atoms with Crippen LogP contribution in [0.15, 0.2) is 23.3 Å². The largest absolute Gasteiger partial charge is 0.394 e. The lowest BCUT2D eigenvalue weighted by Gasteiger charge is -2.58. The topological polar surface area (TPSA) is 285 Å². The van der Waals surface area contributed by atoms with Crippen molar-refractivity contribution in [2.45, 2.75) is 202 Å². The number of aliphatic hydroxyl groups excluding tert-OH is 10. The minimum Gasteiger partial charge on any atom is -0.394 e. The second-order valence-corrected chi connectivity index (χ2v) is 21.1. The Morgan fingerprint density at radius 2 is 1.37 bits per heavy atom. The molecular weight excluding hydrogens is 856 g/mol. The van der Waals surface area contributed by atoms with Crippen molar-refractivity contribution >= 4 is 0 Å². The van der Waals surface area contributed by atoms with Gasteiger partial charge in [-0.3, -0.25) is 0 Å². The Bertz CT molecular complexity index is 1770. The molecule has 27 atom stereocenters. The maximum absolute atomic E-state index is 11.5. The van der Waals surface area contributed by atoms with Gasteiger partial charge in [-0.15, -0.1) is 0 Å². The molecule has 3 saturated carbocycles. The molecule has 5 heterocycles. The van der Waals surface area contributed by atoms with Gasteiger partial charge >= 0.3 is 0 Å². The lowest BCUT2D eigenvalue weighted by atomic mass is 9.46. The monoisotopic (exact) mass is 928 g/mol. The van der Waals surface area contributed by atoms with Gasteiger partial charge in [0.2, 0.25) is 0 Å². The molecule has 65 heavy (non-hydrogen) atoms. The highest BCUT2D eigenvalue weighted by Crippen LogP contribution is 2.74. The molecule has 4 aliphatic carbocycles. The molecule has 5 saturated heterocycles. The van der Waals surface area contributed by atoms with Crippen LogP contribution in [0.4, 0.5) is 0 Å². The number of fused-ring (bicyclic) bond motifs is 4. The van der Waals surface area contributed by atoms with Gasteiger partial charge in [-0.2, -0.15) is 0 Å². The van der Waals surface area contributed by atoms with Gasteiger partial charge in [0.05, 0.1) is 43.0 Å². The number of methoxy groups -OCH3 is 1. The molecule has 0 amide bonds. The highest BCUT2D eigenvalue weighted by molar-refractivity contribution is 5.29. The summed E-state index contributed by atoms with van der Waals surface area (Å²) in [6, 6.07) is 0. The van der Waals surface area contributed by atoms with Crippen molar-refractivity contribution in [3.8, 4) is 0 Å². The van der Waals surface area contributed by atoms with Crippen LogP contribution in [0.2, 0.25) is 0 Å². The van der Waals surface area contributed by atoms with Gasteiger partial charge in [0.1, 0.15) is 67.1 Å². The van der Waals surface area contributed by atoms with Gasteiger partial charge in [-0.25, -0.2) is 0 Å². The highest BCUT2D eigenvalue weighted by Gasteiger charge is 2.77. The molecule has 0 aromatic carbocycles. The lowest BCUT2D eigenvalue weighted by Crippen LogP contribution is -2.67. The normalized spacial score (nSPS) is 56.2. The van der Waals surface area contributed by atoms with Crippen molar-refractivity contribution in [1.29, 1.82) is 0 Å². The van der Waals surface area contributed by atoms with E-state index in [0.29, 0.717) is 24.7 Å².